The Morgan fingerprint density at radius 2 is 2.29 bits per heavy atom. The van der Waals surface area contributed by atoms with Gasteiger partial charge >= 0.3 is 52.0 Å². The third-order valence-corrected chi connectivity index (χ3v) is 1.26. The fourth-order valence-corrected chi connectivity index (χ4v) is 0.625. The molecule has 0 spiro atoms. The number of methoxy groups -OCH3 is 1. The Morgan fingerprint density at radius 1 is 1.71 bits per heavy atom. The van der Waals surface area contributed by atoms with Gasteiger partial charge in [0.25, 0.3) is 0 Å². The van der Waals surface area contributed by atoms with Crippen molar-refractivity contribution in [1.29, 1.82) is 0 Å². The summed E-state index contributed by atoms with van der Waals surface area (Å²) in [5.41, 5.74) is 0. The molecule has 2 heteroatoms. The van der Waals surface area contributed by atoms with E-state index in [1.54, 1.807) is 7.11 Å². The molecule has 0 aliphatic heterocycles. The summed E-state index contributed by atoms with van der Waals surface area (Å²) in [7, 11) is 1.68. The zero-order valence-corrected chi connectivity index (χ0v) is 6.01. The normalized spacial score (nSPS) is 8.86. The van der Waals surface area contributed by atoms with Crippen LogP contribution in [0.3, 0.4) is 0 Å². The molecule has 0 radical (unpaired) electrons. The zero-order chi connectivity index (χ0) is 5.70. The molecule has 0 saturated heterocycles. The molecule has 0 aromatic heterocycles. The van der Waals surface area contributed by atoms with Crippen LogP contribution in [0.15, 0.2) is 0 Å². The van der Waals surface area contributed by atoms with E-state index in [0.717, 1.165) is 17.4 Å². The molecule has 0 saturated carbocycles. The number of ether oxygens (including phenoxy) is 1. The van der Waals surface area contributed by atoms with Gasteiger partial charge in [0, 0.05) is 0 Å². The van der Waals surface area contributed by atoms with E-state index in [1.807, 2.05) is 0 Å². The Labute approximate surface area is 52.6 Å². The van der Waals surface area contributed by atoms with E-state index in [-0.39, 0.29) is 0 Å². The second-order valence-electron chi connectivity index (χ2n) is 1.33. The molecular formula is C5H10CrO. The molecule has 0 N–H and O–H groups in total. The summed E-state index contributed by atoms with van der Waals surface area (Å²) in [6.45, 7) is 2.12. The van der Waals surface area contributed by atoms with Gasteiger partial charge in [0.1, 0.15) is 0 Å². The number of hydrogen-bond donors (Lipinski definition) is 0. The summed E-state index contributed by atoms with van der Waals surface area (Å²) in [6, 6.07) is 0. The second kappa shape index (κ2) is 4.52. The van der Waals surface area contributed by atoms with Gasteiger partial charge in [-0.3, -0.25) is 0 Å². The molecule has 0 unspecified atom stereocenters. The first-order valence-corrected chi connectivity index (χ1v) is 3.01. The first-order chi connectivity index (χ1) is 3.31. The van der Waals surface area contributed by atoms with E-state index in [9.17, 15) is 0 Å². The topological polar surface area (TPSA) is 9.23 Å². The van der Waals surface area contributed by atoms with E-state index in [4.69, 9.17) is 4.74 Å². The molecule has 42 valence electrons. The first kappa shape index (κ1) is 7.36. The van der Waals surface area contributed by atoms with Crippen LogP contribution in [0, 0.1) is 0 Å². The van der Waals surface area contributed by atoms with Gasteiger partial charge in [-0.2, -0.15) is 0 Å². The summed E-state index contributed by atoms with van der Waals surface area (Å²) in [5.74, 6) is 0. The standard InChI is InChI=1S/C5H10O.Cr/c1-3-4-5-6-2;/h3-4H2,1-2H3;. The van der Waals surface area contributed by atoms with Crippen molar-refractivity contribution in [3.63, 3.8) is 0 Å². The first-order valence-electron chi connectivity index (χ1n) is 2.38. The molecule has 0 atom stereocenters. The predicted molar refractivity (Wildman–Crippen MR) is 26.9 cm³/mol. The fourth-order valence-electron chi connectivity index (χ4n) is 0.306. The minimum atomic E-state index is 1.00. The van der Waals surface area contributed by atoms with Gasteiger partial charge in [-0.15, -0.1) is 0 Å². The molecule has 0 amide bonds. The maximum absolute atomic E-state index is 4.85. The third-order valence-electron chi connectivity index (χ3n) is 0.682. The third kappa shape index (κ3) is 4.21. The SMILES string of the molecule is CCC[C](=[Cr])OC. The number of rotatable bonds is 3. The second-order valence-corrected chi connectivity index (χ2v) is 2.04. The summed E-state index contributed by atoms with van der Waals surface area (Å²) >= 11 is 2.82. The monoisotopic (exact) mass is 138 g/mol. The van der Waals surface area contributed by atoms with Crippen molar-refractivity contribution in [1.82, 2.24) is 0 Å². The molecular weight excluding hydrogens is 128 g/mol. The van der Waals surface area contributed by atoms with Gasteiger partial charge in [0.15, 0.2) is 0 Å². The molecule has 0 aromatic rings. The average Bonchev–Trinajstić information content (AvgIpc) is 1.68. The Kier molecular flexibility index (Phi) is 4.75. The Morgan fingerprint density at radius 3 is 2.43 bits per heavy atom. The molecule has 0 bridgehead atoms. The van der Waals surface area contributed by atoms with Crippen LogP contribution in [0.4, 0.5) is 0 Å². The van der Waals surface area contributed by atoms with Crippen LogP contribution in [0.1, 0.15) is 19.8 Å². The Balaban J connectivity index is 3.00. The van der Waals surface area contributed by atoms with Crippen LogP contribution < -0.4 is 0 Å². The van der Waals surface area contributed by atoms with Crippen molar-refractivity contribution >= 4 is 4.57 Å². The minimum absolute atomic E-state index is 1.00. The maximum atomic E-state index is 4.85. The Bertz CT molecular complexity index is 61.1. The van der Waals surface area contributed by atoms with Crippen molar-refractivity contribution < 1.29 is 20.6 Å². The van der Waals surface area contributed by atoms with Crippen molar-refractivity contribution in [3.05, 3.63) is 0 Å². The Hall–Kier alpha value is 0.362. The molecule has 0 rings (SSSR count). The van der Waals surface area contributed by atoms with Crippen LogP contribution >= 0.6 is 0 Å². The van der Waals surface area contributed by atoms with Gasteiger partial charge in [-0.05, 0) is 0 Å². The van der Waals surface area contributed by atoms with Gasteiger partial charge in [0.2, 0.25) is 0 Å². The molecule has 0 fully saturated rings. The molecule has 0 heterocycles. The zero-order valence-electron chi connectivity index (χ0n) is 4.73. The molecule has 1 nitrogen and oxygen atoms in total. The molecule has 0 aromatic carbocycles. The average molecular weight is 138 g/mol. The van der Waals surface area contributed by atoms with E-state index in [0.29, 0.717) is 0 Å². The molecule has 7 heavy (non-hydrogen) atoms. The van der Waals surface area contributed by atoms with Crippen molar-refractivity contribution in [2.45, 2.75) is 19.8 Å². The van der Waals surface area contributed by atoms with Gasteiger partial charge in [-0.25, -0.2) is 0 Å². The predicted octanol–water partition coefficient (Wildman–Crippen LogP) is 1.11. The summed E-state index contributed by atoms with van der Waals surface area (Å²) in [4.78, 5) is 0. The van der Waals surface area contributed by atoms with E-state index in [2.05, 4.69) is 22.8 Å². The summed E-state index contributed by atoms with van der Waals surface area (Å²) in [6.07, 6.45) is 2.19. The van der Waals surface area contributed by atoms with Crippen molar-refractivity contribution in [3.8, 4) is 0 Å². The van der Waals surface area contributed by atoms with Crippen LogP contribution in [0.5, 0.6) is 0 Å². The van der Waals surface area contributed by atoms with Crippen LogP contribution in [0.2, 0.25) is 0 Å². The molecule has 0 aliphatic carbocycles. The quantitative estimate of drug-likeness (QED) is 0.567. The van der Waals surface area contributed by atoms with Crippen LogP contribution in [0.25, 0.3) is 0 Å². The van der Waals surface area contributed by atoms with Gasteiger partial charge in [0.05, 0.1) is 0 Å². The fraction of sp³-hybridized carbons (Fsp3) is 0.800. The summed E-state index contributed by atoms with van der Waals surface area (Å²) in [5, 5.41) is 0. The van der Waals surface area contributed by atoms with Crippen LogP contribution in [-0.2, 0) is 20.6 Å². The number of hydrogen-bond acceptors (Lipinski definition) is 1. The summed E-state index contributed by atoms with van der Waals surface area (Å²) < 4.78 is 5.85. The van der Waals surface area contributed by atoms with E-state index >= 15 is 0 Å². The van der Waals surface area contributed by atoms with Gasteiger partial charge in [-0.1, -0.05) is 0 Å². The molecule has 0 aliphatic rings. The van der Waals surface area contributed by atoms with Gasteiger partial charge < -0.3 is 0 Å². The van der Waals surface area contributed by atoms with E-state index in [1.165, 1.54) is 0 Å². The van der Waals surface area contributed by atoms with Crippen molar-refractivity contribution in [2.24, 2.45) is 0 Å². The van der Waals surface area contributed by atoms with E-state index < -0.39 is 0 Å². The van der Waals surface area contributed by atoms with Crippen LogP contribution in [-0.4, -0.2) is 11.7 Å². The van der Waals surface area contributed by atoms with Crippen molar-refractivity contribution in [2.75, 3.05) is 7.11 Å².